The Bertz CT molecular complexity index is 821. The lowest BCUT2D eigenvalue weighted by Gasteiger charge is -2.09. The maximum atomic E-state index is 14.8. The molecule has 0 heterocycles. The fraction of sp³-hybridized carbons (Fsp3) is 0.238. The summed E-state index contributed by atoms with van der Waals surface area (Å²) in [7, 11) is 0. The van der Waals surface area contributed by atoms with Gasteiger partial charge in [-0.15, -0.1) is 0 Å². The third-order valence-corrected chi connectivity index (χ3v) is 4.22. The van der Waals surface area contributed by atoms with Gasteiger partial charge in [0.05, 0.1) is 0 Å². The lowest BCUT2D eigenvalue weighted by molar-refractivity contribution is 0.627. The second-order valence-corrected chi connectivity index (χ2v) is 5.95. The van der Waals surface area contributed by atoms with Crippen LogP contribution in [0, 0.1) is 11.6 Å². The number of benzene rings is 3. The summed E-state index contributed by atoms with van der Waals surface area (Å²) < 4.78 is 28.2. The van der Waals surface area contributed by atoms with Gasteiger partial charge in [-0.3, -0.25) is 0 Å². The normalized spacial score (nSPS) is 11.1. The minimum absolute atomic E-state index is 0.284. The van der Waals surface area contributed by atoms with Crippen LogP contribution >= 0.6 is 0 Å². The predicted molar refractivity (Wildman–Crippen MR) is 92.5 cm³/mol. The first kappa shape index (κ1) is 15.7. The van der Waals surface area contributed by atoms with Gasteiger partial charge < -0.3 is 0 Å². The van der Waals surface area contributed by atoms with Crippen molar-refractivity contribution in [3.05, 3.63) is 71.8 Å². The molecule has 0 unspecified atom stereocenters. The van der Waals surface area contributed by atoms with E-state index in [1.54, 1.807) is 18.2 Å². The molecule has 0 spiro atoms. The van der Waals surface area contributed by atoms with Crippen LogP contribution in [0.4, 0.5) is 8.78 Å². The van der Waals surface area contributed by atoms with Crippen molar-refractivity contribution in [1.82, 2.24) is 0 Å². The van der Waals surface area contributed by atoms with Gasteiger partial charge in [-0.05, 0) is 41.5 Å². The minimum Gasteiger partial charge on any atom is -0.207 e. The van der Waals surface area contributed by atoms with Gasteiger partial charge in [-0.25, -0.2) is 8.78 Å². The molecule has 0 aliphatic rings. The van der Waals surface area contributed by atoms with Gasteiger partial charge in [0.1, 0.15) is 11.6 Å². The first-order valence-corrected chi connectivity index (χ1v) is 8.16. The molecule has 0 aliphatic carbocycles. The zero-order valence-corrected chi connectivity index (χ0v) is 13.3. The van der Waals surface area contributed by atoms with E-state index in [0.29, 0.717) is 16.5 Å². The maximum absolute atomic E-state index is 14.8. The van der Waals surface area contributed by atoms with Crippen LogP contribution in [0.1, 0.15) is 31.7 Å². The number of hydrogen-bond donors (Lipinski definition) is 0. The zero-order valence-electron chi connectivity index (χ0n) is 13.3. The fourth-order valence-corrected chi connectivity index (χ4v) is 2.95. The Balaban J connectivity index is 1.98. The molecule has 0 aliphatic heterocycles. The van der Waals surface area contributed by atoms with E-state index in [-0.39, 0.29) is 11.6 Å². The molecule has 118 valence electrons. The van der Waals surface area contributed by atoms with E-state index in [2.05, 4.69) is 13.0 Å². The summed E-state index contributed by atoms with van der Waals surface area (Å²) in [5, 5.41) is 1.49. The first-order chi connectivity index (χ1) is 11.2. The zero-order chi connectivity index (χ0) is 16.2. The van der Waals surface area contributed by atoms with Crippen molar-refractivity contribution < 1.29 is 8.78 Å². The van der Waals surface area contributed by atoms with Crippen molar-refractivity contribution in [2.24, 2.45) is 0 Å². The average molecular weight is 310 g/mol. The van der Waals surface area contributed by atoms with Crippen molar-refractivity contribution >= 4 is 10.8 Å². The van der Waals surface area contributed by atoms with Crippen molar-refractivity contribution in [3.8, 4) is 11.1 Å². The van der Waals surface area contributed by atoms with Crippen LogP contribution in [0.2, 0.25) is 0 Å². The van der Waals surface area contributed by atoms with Crippen molar-refractivity contribution in [3.63, 3.8) is 0 Å². The molecular weight excluding hydrogens is 290 g/mol. The van der Waals surface area contributed by atoms with E-state index >= 15 is 0 Å². The fourth-order valence-electron chi connectivity index (χ4n) is 2.95. The molecule has 0 saturated heterocycles. The third-order valence-electron chi connectivity index (χ3n) is 4.22. The van der Waals surface area contributed by atoms with Crippen LogP contribution in [0.5, 0.6) is 0 Å². The molecular formula is C21H20F2. The van der Waals surface area contributed by atoms with Crippen LogP contribution in [0.15, 0.2) is 54.6 Å². The summed E-state index contributed by atoms with van der Waals surface area (Å²) in [4.78, 5) is 0. The van der Waals surface area contributed by atoms with Crippen LogP contribution < -0.4 is 0 Å². The largest absolute Gasteiger partial charge is 0.207 e. The first-order valence-electron chi connectivity index (χ1n) is 8.16. The highest BCUT2D eigenvalue weighted by molar-refractivity contribution is 5.88. The van der Waals surface area contributed by atoms with Crippen molar-refractivity contribution in [1.29, 1.82) is 0 Å². The van der Waals surface area contributed by atoms with E-state index < -0.39 is 0 Å². The molecule has 0 atom stereocenters. The molecule has 3 aromatic rings. The molecule has 23 heavy (non-hydrogen) atoms. The third kappa shape index (κ3) is 3.42. The van der Waals surface area contributed by atoms with Gasteiger partial charge in [0, 0.05) is 10.9 Å². The number of hydrogen-bond acceptors (Lipinski definition) is 0. The van der Waals surface area contributed by atoms with Crippen LogP contribution in [-0.4, -0.2) is 0 Å². The van der Waals surface area contributed by atoms with Gasteiger partial charge in [-0.2, -0.15) is 0 Å². The summed E-state index contributed by atoms with van der Waals surface area (Å²) >= 11 is 0. The molecule has 0 saturated carbocycles. The van der Waals surface area contributed by atoms with E-state index in [1.165, 1.54) is 30.5 Å². The number of aryl methyl sites for hydroxylation is 1. The summed E-state index contributed by atoms with van der Waals surface area (Å²) in [6, 6.07) is 15.6. The Morgan fingerprint density at radius 3 is 2.52 bits per heavy atom. The second kappa shape index (κ2) is 6.91. The van der Waals surface area contributed by atoms with Gasteiger partial charge in [0.2, 0.25) is 0 Å². The van der Waals surface area contributed by atoms with Crippen LogP contribution in [-0.2, 0) is 6.42 Å². The Morgan fingerprint density at radius 1 is 0.870 bits per heavy atom. The summed E-state index contributed by atoms with van der Waals surface area (Å²) in [5.74, 6) is -0.638. The monoisotopic (exact) mass is 310 g/mol. The Hall–Kier alpha value is -2.22. The lowest BCUT2D eigenvalue weighted by atomic mass is 9.97. The summed E-state index contributed by atoms with van der Waals surface area (Å²) in [5.41, 5.74) is 2.25. The number of fused-ring (bicyclic) bond motifs is 1. The molecule has 3 aromatic carbocycles. The highest BCUT2D eigenvalue weighted by atomic mass is 19.1. The van der Waals surface area contributed by atoms with E-state index in [1.807, 2.05) is 18.2 Å². The molecule has 3 rings (SSSR count). The highest BCUT2D eigenvalue weighted by Crippen LogP contribution is 2.30. The molecule has 0 radical (unpaired) electrons. The predicted octanol–water partition coefficient (Wildman–Crippen LogP) is 6.52. The topological polar surface area (TPSA) is 0 Å². The quantitative estimate of drug-likeness (QED) is 0.471. The minimum atomic E-state index is -0.353. The molecule has 0 nitrogen and oxygen atoms in total. The van der Waals surface area contributed by atoms with E-state index in [9.17, 15) is 8.78 Å². The number of rotatable bonds is 5. The van der Waals surface area contributed by atoms with Gasteiger partial charge in [0.25, 0.3) is 0 Å². The standard InChI is InChI=1S/C21H20F2/c1-2-3-4-6-15-9-11-19-17(13-15)10-12-20(21(19)23)16-7-5-8-18(22)14-16/h5,7-14H,2-4,6H2,1H3. The molecule has 0 bridgehead atoms. The Morgan fingerprint density at radius 2 is 1.74 bits per heavy atom. The Kier molecular flexibility index (Phi) is 4.71. The molecule has 0 fully saturated rings. The lowest BCUT2D eigenvalue weighted by Crippen LogP contribution is -1.90. The number of unbranched alkanes of at least 4 members (excludes halogenated alkanes) is 2. The highest BCUT2D eigenvalue weighted by Gasteiger charge is 2.10. The molecule has 0 aromatic heterocycles. The summed E-state index contributed by atoms with van der Waals surface area (Å²) in [6.07, 6.45) is 4.59. The van der Waals surface area contributed by atoms with Crippen molar-refractivity contribution in [2.75, 3.05) is 0 Å². The van der Waals surface area contributed by atoms with Gasteiger partial charge >= 0.3 is 0 Å². The molecule has 2 heteroatoms. The summed E-state index contributed by atoms with van der Waals surface area (Å²) in [6.45, 7) is 2.18. The van der Waals surface area contributed by atoms with Gasteiger partial charge in [-0.1, -0.05) is 62.2 Å². The Labute approximate surface area is 135 Å². The average Bonchev–Trinajstić information content (AvgIpc) is 2.55. The SMILES string of the molecule is CCCCCc1ccc2c(F)c(-c3cccc(F)c3)ccc2c1. The van der Waals surface area contributed by atoms with Crippen LogP contribution in [0.25, 0.3) is 21.9 Å². The number of halogens is 2. The van der Waals surface area contributed by atoms with E-state index in [4.69, 9.17) is 0 Å². The second-order valence-electron chi connectivity index (χ2n) is 5.95. The maximum Gasteiger partial charge on any atom is 0.138 e. The molecule has 0 amide bonds. The van der Waals surface area contributed by atoms with Crippen LogP contribution in [0.3, 0.4) is 0 Å². The molecule has 0 N–H and O–H groups in total. The van der Waals surface area contributed by atoms with Gasteiger partial charge in [0.15, 0.2) is 0 Å². The van der Waals surface area contributed by atoms with Crippen molar-refractivity contribution in [2.45, 2.75) is 32.6 Å². The van der Waals surface area contributed by atoms with E-state index in [0.717, 1.165) is 18.2 Å². The smallest absolute Gasteiger partial charge is 0.138 e.